The van der Waals surface area contributed by atoms with E-state index in [9.17, 15) is 4.79 Å². The van der Waals surface area contributed by atoms with Crippen molar-refractivity contribution >= 4 is 28.9 Å². The van der Waals surface area contributed by atoms with Crippen molar-refractivity contribution < 1.29 is 14.3 Å². The first kappa shape index (κ1) is 15.0. The fourth-order valence-corrected chi connectivity index (χ4v) is 2.16. The molecule has 2 aromatic rings. The molecule has 0 spiro atoms. The smallest absolute Gasteiger partial charge is 0.259 e. The van der Waals surface area contributed by atoms with Crippen LogP contribution in [0.25, 0.3) is 0 Å². The maximum atomic E-state index is 12.3. The highest BCUT2D eigenvalue weighted by molar-refractivity contribution is 6.32. The van der Waals surface area contributed by atoms with Gasteiger partial charge in [-0.15, -0.1) is 0 Å². The summed E-state index contributed by atoms with van der Waals surface area (Å²) in [6.45, 7) is 0. The van der Waals surface area contributed by atoms with Gasteiger partial charge in [-0.3, -0.25) is 4.79 Å². The minimum absolute atomic E-state index is 0.333. The van der Waals surface area contributed by atoms with Gasteiger partial charge in [0.15, 0.2) is 5.75 Å². The average molecular weight is 307 g/mol. The number of nitrogens with one attached hydrogen (secondary N) is 1. The van der Waals surface area contributed by atoms with Gasteiger partial charge < -0.3 is 20.5 Å². The molecular weight excluding hydrogens is 292 g/mol. The normalized spacial score (nSPS) is 10.0. The van der Waals surface area contributed by atoms with Crippen molar-refractivity contribution in [2.24, 2.45) is 0 Å². The van der Waals surface area contributed by atoms with Gasteiger partial charge in [-0.1, -0.05) is 17.7 Å². The topological polar surface area (TPSA) is 73.6 Å². The Morgan fingerprint density at radius 3 is 2.57 bits per heavy atom. The first-order chi connectivity index (χ1) is 10.1. The third-order valence-electron chi connectivity index (χ3n) is 2.90. The van der Waals surface area contributed by atoms with Crippen molar-refractivity contribution in [3.05, 3.63) is 47.0 Å². The molecule has 0 bridgehead atoms. The number of carbonyl (C=O) groups is 1. The summed E-state index contributed by atoms with van der Waals surface area (Å²) in [7, 11) is 2.99. The van der Waals surface area contributed by atoms with Gasteiger partial charge >= 0.3 is 0 Å². The number of nitrogens with two attached hydrogens (primary N) is 1. The maximum absolute atomic E-state index is 12.3. The molecule has 0 aromatic heterocycles. The number of hydrogen-bond donors (Lipinski definition) is 2. The molecule has 2 rings (SSSR count). The lowest BCUT2D eigenvalue weighted by molar-refractivity contribution is 0.102. The van der Waals surface area contributed by atoms with Crippen LogP contribution in [0.4, 0.5) is 11.4 Å². The summed E-state index contributed by atoms with van der Waals surface area (Å²) in [4.78, 5) is 12.3. The number of amides is 1. The lowest BCUT2D eigenvalue weighted by Crippen LogP contribution is -2.14. The van der Waals surface area contributed by atoms with E-state index in [0.29, 0.717) is 33.5 Å². The van der Waals surface area contributed by atoms with E-state index in [0.717, 1.165) is 0 Å². The van der Waals surface area contributed by atoms with Crippen LogP contribution in [0.1, 0.15) is 10.4 Å². The number of rotatable bonds is 4. The second-order valence-electron chi connectivity index (χ2n) is 4.23. The summed E-state index contributed by atoms with van der Waals surface area (Å²) >= 11 is 6.02. The summed E-state index contributed by atoms with van der Waals surface area (Å²) < 4.78 is 10.2. The number of nitrogen functional groups attached to an aromatic ring is 1. The summed E-state index contributed by atoms with van der Waals surface area (Å²) in [5, 5.41) is 3.15. The predicted octanol–water partition coefficient (Wildman–Crippen LogP) is 3.19. The van der Waals surface area contributed by atoms with E-state index < -0.39 is 0 Å². The number of hydrogen-bond acceptors (Lipinski definition) is 4. The molecule has 1 amide bonds. The van der Waals surface area contributed by atoms with Crippen molar-refractivity contribution in [1.29, 1.82) is 0 Å². The Morgan fingerprint density at radius 2 is 1.95 bits per heavy atom. The zero-order valence-electron chi connectivity index (χ0n) is 11.6. The van der Waals surface area contributed by atoms with Crippen LogP contribution >= 0.6 is 11.6 Å². The van der Waals surface area contributed by atoms with Crippen molar-refractivity contribution in [3.63, 3.8) is 0 Å². The highest BCUT2D eigenvalue weighted by Crippen LogP contribution is 2.29. The van der Waals surface area contributed by atoms with E-state index >= 15 is 0 Å². The first-order valence-corrected chi connectivity index (χ1v) is 6.52. The number of para-hydroxylation sites is 1. The Morgan fingerprint density at radius 1 is 1.19 bits per heavy atom. The van der Waals surface area contributed by atoms with Gasteiger partial charge in [0, 0.05) is 5.69 Å². The Kier molecular flexibility index (Phi) is 4.55. The summed E-state index contributed by atoms with van der Waals surface area (Å²) in [5.41, 5.74) is 7.09. The van der Waals surface area contributed by atoms with Gasteiger partial charge in [0.25, 0.3) is 5.91 Å². The molecule has 21 heavy (non-hydrogen) atoms. The number of benzene rings is 2. The van der Waals surface area contributed by atoms with Crippen LogP contribution in [-0.4, -0.2) is 20.1 Å². The molecular formula is C15H15ClN2O3. The van der Waals surface area contributed by atoms with E-state index in [-0.39, 0.29) is 5.91 Å². The van der Waals surface area contributed by atoms with Crippen molar-refractivity contribution in [1.82, 2.24) is 0 Å². The molecule has 0 saturated heterocycles. The molecule has 2 aromatic carbocycles. The molecule has 0 saturated carbocycles. The first-order valence-electron chi connectivity index (χ1n) is 6.14. The van der Waals surface area contributed by atoms with Crippen LogP contribution in [0.2, 0.25) is 5.02 Å². The van der Waals surface area contributed by atoms with Crippen LogP contribution in [0.3, 0.4) is 0 Å². The van der Waals surface area contributed by atoms with Crippen LogP contribution in [0, 0.1) is 0 Å². The maximum Gasteiger partial charge on any atom is 0.259 e. The van der Waals surface area contributed by atoms with Gasteiger partial charge in [-0.2, -0.15) is 0 Å². The highest BCUT2D eigenvalue weighted by Gasteiger charge is 2.15. The predicted molar refractivity (Wildman–Crippen MR) is 83.4 cm³/mol. The molecule has 0 aliphatic heterocycles. The number of ether oxygens (including phenoxy) is 2. The van der Waals surface area contributed by atoms with Gasteiger partial charge in [0.05, 0.1) is 30.5 Å². The summed E-state index contributed by atoms with van der Waals surface area (Å²) in [6.07, 6.45) is 0. The van der Waals surface area contributed by atoms with E-state index in [1.165, 1.54) is 14.2 Å². The van der Waals surface area contributed by atoms with E-state index in [1.807, 2.05) is 0 Å². The van der Waals surface area contributed by atoms with Gasteiger partial charge in [-0.25, -0.2) is 0 Å². The number of halogens is 1. The minimum Gasteiger partial charge on any atom is -0.495 e. The highest BCUT2D eigenvalue weighted by atomic mass is 35.5. The van der Waals surface area contributed by atoms with Crippen molar-refractivity contribution in [2.45, 2.75) is 0 Å². The second-order valence-corrected chi connectivity index (χ2v) is 4.64. The lowest BCUT2D eigenvalue weighted by atomic mass is 10.1. The fourth-order valence-electron chi connectivity index (χ4n) is 1.90. The van der Waals surface area contributed by atoms with Crippen LogP contribution < -0.4 is 20.5 Å². The average Bonchev–Trinajstić information content (AvgIpc) is 2.47. The van der Waals surface area contributed by atoms with E-state index in [2.05, 4.69) is 5.32 Å². The van der Waals surface area contributed by atoms with Crippen molar-refractivity contribution in [3.8, 4) is 11.5 Å². The molecule has 0 atom stereocenters. The van der Waals surface area contributed by atoms with Crippen LogP contribution in [0.5, 0.6) is 11.5 Å². The number of anilines is 2. The summed E-state index contributed by atoms with van der Waals surface area (Å²) in [6, 6.07) is 9.97. The Labute approximate surface area is 127 Å². The third-order valence-corrected chi connectivity index (χ3v) is 3.20. The second kappa shape index (κ2) is 6.37. The SMILES string of the molecule is COc1ccc(NC(=O)c2cccc(N)c2OC)cc1Cl. The summed E-state index contributed by atoms with van der Waals surface area (Å²) in [5.74, 6) is 0.547. The fraction of sp³-hybridized carbons (Fsp3) is 0.133. The van der Waals surface area contributed by atoms with E-state index in [1.54, 1.807) is 36.4 Å². The van der Waals surface area contributed by atoms with Gasteiger partial charge in [0.2, 0.25) is 0 Å². The lowest BCUT2D eigenvalue weighted by Gasteiger charge is -2.12. The Bertz CT molecular complexity index is 674. The molecule has 3 N–H and O–H groups in total. The molecule has 0 heterocycles. The zero-order chi connectivity index (χ0) is 15.4. The largest absolute Gasteiger partial charge is 0.495 e. The molecule has 0 unspecified atom stereocenters. The van der Waals surface area contributed by atoms with E-state index in [4.69, 9.17) is 26.8 Å². The Hall–Kier alpha value is -2.40. The van der Waals surface area contributed by atoms with Crippen LogP contribution in [-0.2, 0) is 0 Å². The standard InChI is InChI=1S/C15H15ClN2O3/c1-20-13-7-6-9(8-11(13)16)18-15(19)10-4-3-5-12(17)14(10)21-2/h3-8H,17H2,1-2H3,(H,18,19). The molecule has 0 fully saturated rings. The molecule has 0 radical (unpaired) electrons. The van der Waals surface area contributed by atoms with Crippen LogP contribution in [0.15, 0.2) is 36.4 Å². The third kappa shape index (κ3) is 3.20. The minimum atomic E-state index is -0.333. The number of carbonyl (C=O) groups excluding carboxylic acids is 1. The molecule has 5 nitrogen and oxygen atoms in total. The van der Waals surface area contributed by atoms with Crippen molar-refractivity contribution in [2.75, 3.05) is 25.3 Å². The molecule has 110 valence electrons. The zero-order valence-corrected chi connectivity index (χ0v) is 12.4. The van der Waals surface area contributed by atoms with Gasteiger partial charge in [-0.05, 0) is 30.3 Å². The Balaban J connectivity index is 2.26. The molecule has 0 aliphatic rings. The molecule has 0 aliphatic carbocycles. The number of methoxy groups -OCH3 is 2. The quantitative estimate of drug-likeness (QED) is 0.851. The van der Waals surface area contributed by atoms with Gasteiger partial charge in [0.1, 0.15) is 5.75 Å². The monoisotopic (exact) mass is 306 g/mol. The molecule has 6 heteroatoms.